The number of rotatable bonds is 6. The summed E-state index contributed by atoms with van der Waals surface area (Å²) in [6, 6.07) is 6.75. The number of carbonyl (C=O) groups is 2. The van der Waals surface area contributed by atoms with E-state index in [9.17, 15) is 19.8 Å². The Morgan fingerprint density at radius 2 is 1.68 bits per heavy atom. The van der Waals surface area contributed by atoms with Crippen LogP contribution in [0.3, 0.4) is 0 Å². The van der Waals surface area contributed by atoms with Crippen molar-refractivity contribution in [1.29, 1.82) is 0 Å². The molecule has 2 fully saturated rings. The highest BCUT2D eigenvalue weighted by atomic mass is 16.4. The Hall–Kier alpha value is -2.14. The van der Waals surface area contributed by atoms with E-state index in [1.165, 1.54) is 43.4 Å². The second kappa shape index (κ2) is 10.00. The molecule has 1 aromatic carbocycles. The third-order valence-corrected chi connectivity index (χ3v) is 13.2. The number of hydrogen-bond donors (Lipinski definition) is 2. The SMILES string of the molecule is C[C@H](CCC(=O)N(C)c1ccccc1C(=O)O)[C@H]1CC[C@@]2(C)C3=C(CC[C@]12C)[C@@]1(C)CC[C@H](O)C(C)(C)[C@@H]1CC3. The van der Waals surface area contributed by atoms with Crippen molar-refractivity contribution in [1.82, 2.24) is 0 Å². The molecule has 4 aliphatic rings. The van der Waals surface area contributed by atoms with E-state index in [1.807, 2.05) is 0 Å². The summed E-state index contributed by atoms with van der Waals surface area (Å²) in [4.78, 5) is 26.4. The maximum Gasteiger partial charge on any atom is 0.337 e. The van der Waals surface area contributed by atoms with Crippen LogP contribution < -0.4 is 4.90 Å². The molecule has 0 heterocycles. The lowest BCUT2D eigenvalue weighted by molar-refractivity contribution is -0.118. The Bertz CT molecular complexity index is 1220. The van der Waals surface area contributed by atoms with E-state index in [1.54, 1.807) is 42.5 Å². The second-order valence-corrected chi connectivity index (χ2v) is 15.0. The molecule has 5 rings (SSSR count). The van der Waals surface area contributed by atoms with E-state index in [0.717, 1.165) is 19.3 Å². The summed E-state index contributed by atoms with van der Waals surface area (Å²) in [6.45, 7) is 14.6. The third kappa shape index (κ3) is 4.20. The van der Waals surface area contributed by atoms with Gasteiger partial charge in [-0.05, 0) is 109 Å². The zero-order valence-electron chi connectivity index (χ0n) is 25.8. The molecular weight excluding hydrogens is 498 g/mol. The average Bonchev–Trinajstić information content (AvgIpc) is 3.20. The van der Waals surface area contributed by atoms with Gasteiger partial charge >= 0.3 is 5.97 Å². The Labute approximate surface area is 241 Å². The lowest BCUT2D eigenvalue weighted by Gasteiger charge is -2.62. The van der Waals surface area contributed by atoms with Crippen molar-refractivity contribution in [3.05, 3.63) is 41.0 Å². The zero-order chi connectivity index (χ0) is 29.3. The van der Waals surface area contributed by atoms with Gasteiger partial charge in [-0.2, -0.15) is 0 Å². The normalized spacial score (nSPS) is 37.2. The molecule has 2 saturated carbocycles. The van der Waals surface area contributed by atoms with Gasteiger partial charge in [-0.15, -0.1) is 0 Å². The van der Waals surface area contributed by atoms with Gasteiger partial charge in [0.1, 0.15) is 0 Å². The highest BCUT2D eigenvalue weighted by Gasteiger charge is 2.63. The van der Waals surface area contributed by atoms with Crippen LogP contribution in [0, 0.1) is 39.4 Å². The Balaban J connectivity index is 1.33. The van der Waals surface area contributed by atoms with E-state index in [0.29, 0.717) is 29.9 Å². The molecule has 5 heteroatoms. The number of para-hydroxylation sites is 1. The fourth-order valence-corrected chi connectivity index (χ4v) is 10.4. The van der Waals surface area contributed by atoms with Crippen LogP contribution in [0.1, 0.15) is 116 Å². The van der Waals surface area contributed by atoms with Crippen LogP contribution in [0.4, 0.5) is 5.69 Å². The summed E-state index contributed by atoms with van der Waals surface area (Å²) < 4.78 is 0. The van der Waals surface area contributed by atoms with E-state index in [4.69, 9.17) is 0 Å². The molecular formula is C35H51NO4. The van der Waals surface area contributed by atoms with E-state index >= 15 is 0 Å². The number of aromatic carboxylic acids is 1. The van der Waals surface area contributed by atoms with Crippen molar-refractivity contribution >= 4 is 17.6 Å². The molecule has 220 valence electrons. The van der Waals surface area contributed by atoms with Crippen molar-refractivity contribution in [2.75, 3.05) is 11.9 Å². The van der Waals surface area contributed by atoms with Gasteiger partial charge in [-0.1, -0.05) is 64.8 Å². The molecule has 4 aliphatic carbocycles. The summed E-state index contributed by atoms with van der Waals surface area (Å²) in [5.41, 5.74) is 4.71. The van der Waals surface area contributed by atoms with Crippen molar-refractivity contribution in [3.63, 3.8) is 0 Å². The molecule has 40 heavy (non-hydrogen) atoms. The predicted molar refractivity (Wildman–Crippen MR) is 160 cm³/mol. The van der Waals surface area contributed by atoms with Gasteiger partial charge in [-0.3, -0.25) is 4.79 Å². The number of fused-ring (bicyclic) bond motifs is 4. The Morgan fingerprint density at radius 1 is 0.975 bits per heavy atom. The number of carboxylic acids is 1. The number of benzene rings is 1. The van der Waals surface area contributed by atoms with Gasteiger partial charge in [-0.25, -0.2) is 4.79 Å². The predicted octanol–water partition coefficient (Wildman–Crippen LogP) is 7.87. The largest absolute Gasteiger partial charge is 0.478 e. The van der Waals surface area contributed by atoms with E-state index in [2.05, 4.69) is 41.5 Å². The summed E-state index contributed by atoms with van der Waals surface area (Å²) >= 11 is 0. The summed E-state index contributed by atoms with van der Waals surface area (Å²) in [7, 11) is 1.69. The van der Waals surface area contributed by atoms with Crippen LogP contribution in [0.5, 0.6) is 0 Å². The molecule has 0 bridgehead atoms. The fraction of sp³-hybridized carbons (Fsp3) is 0.714. The monoisotopic (exact) mass is 549 g/mol. The van der Waals surface area contributed by atoms with Gasteiger partial charge in [0.25, 0.3) is 0 Å². The Kier molecular flexibility index (Phi) is 7.34. The number of hydrogen-bond acceptors (Lipinski definition) is 3. The van der Waals surface area contributed by atoms with Crippen LogP contribution in [0.15, 0.2) is 35.4 Å². The molecule has 0 aromatic heterocycles. The highest BCUT2D eigenvalue weighted by molar-refractivity contribution is 6.01. The van der Waals surface area contributed by atoms with Crippen molar-refractivity contribution in [2.24, 2.45) is 39.4 Å². The van der Waals surface area contributed by atoms with Crippen LogP contribution >= 0.6 is 0 Å². The first-order valence-corrected chi connectivity index (χ1v) is 15.7. The number of aliphatic hydroxyl groups is 1. The summed E-state index contributed by atoms with van der Waals surface area (Å²) in [5, 5.41) is 20.4. The molecule has 0 radical (unpaired) electrons. The van der Waals surface area contributed by atoms with Gasteiger partial charge in [0.2, 0.25) is 5.91 Å². The molecule has 0 aliphatic heterocycles. The minimum Gasteiger partial charge on any atom is -0.478 e. The van der Waals surface area contributed by atoms with Gasteiger partial charge < -0.3 is 15.1 Å². The molecule has 1 amide bonds. The number of amides is 1. The number of allylic oxidation sites excluding steroid dienone is 2. The minimum atomic E-state index is -1.01. The number of anilines is 1. The van der Waals surface area contributed by atoms with Crippen LogP contribution in [-0.2, 0) is 4.79 Å². The first kappa shape index (κ1) is 29.4. The maximum absolute atomic E-state index is 13.2. The molecule has 2 N–H and O–H groups in total. The van der Waals surface area contributed by atoms with E-state index in [-0.39, 0.29) is 39.2 Å². The van der Waals surface area contributed by atoms with Crippen molar-refractivity contribution in [2.45, 2.75) is 112 Å². The zero-order valence-corrected chi connectivity index (χ0v) is 25.8. The second-order valence-electron chi connectivity index (χ2n) is 15.0. The lowest BCUT2D eigenvalue weighted by atomic mass is 9.43. The third-order valence-electron chi connectivity index (χ3n) is 13.2. The molecule has 5 nitrogen and oxygen atoms in total. The maximum atomic E-state index is 13.2. The molecule has 0 spiro atoms. The van der Waals surface area contributed by atoms with Crippen LogP contribution in [0.2, 0.25) is 0 Å². The molecule has 0 unspecified atom stereocenters. The van der Waals surface area contributed by atoms with Crippen molar-refractivity contribution < 1.29 is 19.8 Å². The molecule has 7 atom stereocenters. The summed E-state index contributed by atoms with van der Waals surface area (Å²) in [5.74, 6) is 0.515. The quantitative estimate of drug-likeness (QED) is 0.354. The first-order chi connectivity index (χ1) is 18.7. The highest BCUT2D eigenvalue weighted by Crippen LogP contribution is 2.72. The van der Waals surface area contributed by atoms with Crippen LogP contribution in [0.25, 0.3) is 0 Å². The van der Waals surface area contributed by atoms with Crippen LogP contribution in [-0.4, -0.2) is 35.2 Å². The number of aliphatic hydroxyl groups excluding tert-OH is 1. The standard InChI is InChI=1S/C35H51NO4/c1-22(12-15-30(38)36(7)27-11-9-8-10-23(27)31(39)40)24-16-20-35(6)26-13-14-28-32(2,3)29(37)18-19-33(28,4)25(26)17-21-34(24,35)5/h8-11,22,24,28-29,37H,12-21H2,1-7H3,(H,39,40)/t22-,24-,28+,29+,33-,34-,35+/m1/s1. The molecule has 1 aromatic rings. The number of carbonyl (C=O) groups excluding carboxylic acids is 1. The number of carboxylic acid groups (broad SMARTS) is 1. The van der Waals surface area contributed by atoms with Gasteiger partial charge in [0, 0.05) is 13.5 Å². The van der Waals surface area contributed by atoms with Gasteiger partial charge in [0.05, 0.1) is 17.4 Å². The molecule has 0 saturated heterocycles. The smallest absolute Gasteiger partial charge is 0.337 e. The van der Waals surface area contributed by atoms with Crippen molar-refractivity contribution in [3.8, 4) is 0 Å². The fourth-order valence-electron chi connectivity index (χ4n) is 10.4. The Morgan fingerprint density at radius 3 is 2.38 bits per heavy atom. The van der Waals surface area contributed by atoms with Gasteiger partial charge in [0.15, 0.2) is 0 Å². The van der Waals surface area contributed by atoms with E-state index < -0.39 is 5.97 Å². The number of nitrogens with zero attached hydrogens (tertiary/aromatic N) is 1. The first-order valence-electron chi connectivity index (χ1n) is 15.7. The lowest BCUT2D eigenvalue weighted by Crippen LogP contribution is -2.55. The summed E-state index contributed by atoms with van der Waals surface area (Å²) in [6.07, 6.45) is 10.2. The topological polar surface area (TPSA) is 77.8 Å². The minimum absolute atomic E-state index is 0.0200. The average molecular weight is 550 g/mol.